The number of amides is 2. The lowest BCUT2D eigenvalue weighted by Gasteiger charge is -2.39. The molecule has 7 heteroatoms. The highest BCUT2D eigenvalue weighted by Gasteiger charge is 2.35. The molecule has 28 heavy (non-hydrogen) atoms. The molecule has 148 valence electrons. The number of carbonyl (C=O) groups is 2. The summed E-state index contributed by atoms with van der Waals surface area (Å²) in [6, 6.07) is 11.6. The van der Waals surface area contributed by atoms with E-state index in [1.165, 1.54) is 0 Å². The third-order valence-corrected chi connectivity index (χ3v) is 5.54. The summed E-state index contributed by atoms with van der Waals surface area (Å²) in [7, 11) is 1.76. The number of likely N-dealkylation sites (N-methyl/N-ethyl adjacent to an activating group) is 1. The molecular formula is C21H26N4O3. The normalized spacial score (nSPS) is 22.5. The number of fused-ring (bicyclic) bond motifs is 1. The molecule has 2 aliphatic heterocycles. The average molecular weight is 382 g/mol. The van der Waals surface area contributed by atoms with Gasteiger partial charge in [-0.1, -0.05) is 44.2 Å². The minimum Gasteiger partial charge on any atom is -0.366 e. The fraction of sp³-hybridized carbons (Fsp3) is 0.476. The third kappa shape index (κ3) is 3.42. The Hall–Kier alpha value is -2.67. The minimum atomic E-state index is -0.170. The fourth-order valence-corrected chi connectivity index (χ4v) is 3.74. The first kappa shape index (κ1) is 18.7. The van der Waals surface area contributed by atoms with Crippen molar-refractivity contribution in [3.63, 3.8) is 0 Å². The molecule has 1 aromatic carbocycles. The highest BCUT2D eigenvalue weighted by Crippen LogP contribution is 2.29. The van der Waals surface area contributed by atoms with Gasteiger partial charge in [0.1, 0.15) is 11.8 Å². The molecule has 2 atom stereocenters. The fourth-order valence-electron chi connectivity index (χ4n) is 3.74. The van der Waals surface area contributed by atoms with Gasteiger partial charge in [0.05, 0.1) is 19.2 Å². The zero-order valence-electron chi connectivity index (χ0n) is 16.5. The van der Waals surface area contributed by atoms with E-state index in [0.717, 1.165) is 5.56 Å². The van der Waals surface area contributed by atoms with Crippen LogP contribution in [0.4, 0.5) is 0 Å². The molecule has 0 N–H and O–H groups in total. The van der Waals surface area contributed by atoms with Gasteiger partial charge in [0.25, 0.3) is 11.8 Å². The maximum absolute atomic E-state index is 13.2. The summed E-state index contributed by atoms with van der Waals surface area (Å²) in [5.74, 6) is 0.0430. The van der Waals surface area contributed by atoms with Gasteiger partial charge in [0.15, 0.2) is 5.69 Å². The molecule has 1 saturated heterocycles. The number of morpholine rings is 1. The van der Waals surface area contributed by atoms with Crippen LogP contribution in [-0.2, 0) is 11.3 Å². The number of carbonyl (C=O) groups excluding carboxylic acids is 2. The molecule has 2 aliphatic rings. The Labute approximate surface area is 164 Å². The topological polar surface area (TPSA) is 67.7 Å². The van der Waals surface area contributed by atoms with E-state index in [2.05, 4.69) is 18.9 Å². The van der Waals surface area contributed by atoms with Crippen molar-refractivity contribution in [1.82, 2.24) is 19.6 Å². The number of nitrogens with zero attached hydrogens (tertiary/aromatic N) is 4. The number of ether oxygens (including phenoxy) is 1. The number of benzene rings is 1. The molecule has 1 aromatic heterocycles. The van der Waals surface area contributed by atoms with E-state index < -0.39 is 0 Å². The van der Waals surface area contributed by atoms with E-state index >= 15 is 0 Å². The quantitative estimate of drug-likeness (QED) is 0.816. The lowest BCUT2D eigenvalue weighted by molar-refractivity contribution is -0.0955. The lowest BCUT2D eigenvalue weighted by atomic mass is 10.0. The molecule has 0 saturated carbocycles. The molecule has 0 bridgehead atoms. The Morgan fingerprint density at radius 3 is 2.64 bits per heavy atom. The summed E-state index contributed by atoms with van der Waals surface area (Å²) >= 11 is 0. The highest BCUT2D eigenvalue weighted by molar-refractivity contribution is 5.98. The maximum atomic E-state index is 13.2. The van der Waals surface area contributed by atoms with E-state index in [1.54, 1.807) is 22.7 Å². The number of hydrogen-bond acceptors (Lipinski definition) is 4. The van der Waals surface area contributed by atoms with Gasteiger partial charge in [0.2, 0.25) is 0 Å². The van der Waals surface area contributed by atoms with Gasteiger partial charge in [-0.05, 0) is 11.5 Å². The molecule has 0 aliphatic carbocycles. The second kappa shape index (κ2) is 7.39. The summed E-state index contributed by atoms with van der Waals surface area (Å²) in [6.07, 6.45) is -0.218. The SMILES string of the molecule is CC(C)[C@H]1CN(C(=O)c2cc3n(n2)CCN(C)C3=O)C[C@@H](c2ccccc2)O1. The monoisotopic (exact) mass is 382 g/mol. The third-order valence-electron chi connectivity index (χ3n) is 5.54. The Morgan fingerprint density at radius 2 is 1.93 bits per heavy atom. The van der Waals surface area contributed by atoms with Crippen LogP contribution in [0.5, 0.6) is 0 Å². The molecule has 2 amide bonds. The number of aromatic nitrogens is 2. The van der Waals surface area contributed by atoms with E-state index in [-0.39, 0.29) is 29.9 Å². The van der Waals surface area contributed by atoms with Crippen LogP contribution in [0.2, 0.25) is 0 Å². The van der Waals surface area contributed by atoms with Crippen LogP contribution >= 0.6 is 0 Å². The number of rotatable bonds is 3. The molecular weight excluding hydrogens is 356 g/mol. The van der Waals surface area contributed by atoms with Gasteiger partial charge in [-0.15, -0.1) is 0 Å². The number of hydrogen-bond donors (Lipinski definition) is 0. The molecule has 4 rings (SSSR count). The zero-order chi connectivity index (χ0) is 19.8. The Kier molecular flexibility index (Phi) is 4.93. The van der Waals surface area contributed by atoms with Crippen LogP contribution in [0.15, 0.2) is 36.4 Å². The van der Waals surface area contributed by atoms with Crippen LogP contribution in [0.3, 0.4) is 0 Å². The summed E-state index contributed by atoms with van der Waals surface area (Å²) in [6.45, 7) is 6.41. The van der Waals surface area contributed by atoms with E-state index in [4.69, 9.17) is 4.74 Å². The van der Waals surface area contributed by atoms with Gasteiger partial charge in [-0.3, -0.25) is 14.3 Å². The standard InChI is InChI=1S/C21H26N4O3/c1-14(2)18-12-24(13-19(28-18)15-7-5-4-6-8-15)20(26)16-11-17-21(27)23(3)9-10-25(17)22-16/h4-8,11,14,18-19H,9-10,12-13H2,1-3H3/t18-,19+/m1/s1. The molecule has 0 spiro atoms. The molecule has 7 nitrogen and oxygen atoms in total. The van der Waals surface area contributed by atoms with Crippen molar-refractivity contribution in [2.24, 2.45) is 5.92 Å². The smallest absolute Gasteiger partial charge is 0.274 e. The Balaban J connectivity index is 1.59. The van der Waals surface area contributed by atoms with Crippen molar-refractivity contribution in [2.45, 2.75) is 32.6 Å². The van der Waals surface area contributed by atoms with Crippen molar-refractivity contribution in [1.29, 1.82) is 0 Å². The van der Waals surface area contributed by atoms with E-state index in [1.807, 2.05) is 35.2 Å². The molecule has 2 aromatic rings. The predicted octanol–water partition coefficient (Wildman–Crippen LogP) is 2.21. The highest BCUT2D eigenvalue weighted by atomic mass is 16.5. The van der Waals surface area contributed by atoms with Gasteiger partial charge in [0, 0.05) is 26.2 Å². The minimum absolute atomic E-state index is 0.0482. The average Bonchev–Trinajstić information content (AvgIpc) is 3.15. The second-order valence-corrected chi connectivity index (χ2v) is 7.89. The van der Waals surface area contributed by atoms with E-state index in [9.17, 15) is 9.59 Å². The summed E-state index contributed by atoms with van der Waals surface area (Å²) in [4.78, 5) is 29.0. The second-order valence-electron chi connectivity index (χ2n) is 7.89. The molecule has 3 heterocycles. The van der Waals surface area contributed by atoms with Crippen molar-refractivity contribution in [2.75, 3.05) is 26.7 Å². The van der Waals surface area contributed by atoms with Crippen LogP contribution in [0.25, 0.3) is 0 Å². The van der Waals surface area contributed by atoms with Gasteiger partial charge >= 0.3 is 0 Å². The summed E-state index contributed by atoms with van der Waals surface area (Å²) in [5.41, 5.74) is 1.87. The molecule has 1 fully saturated rings. The van der Waals surface area contributed by atoms with Crippen molar-refractivity contribution in [3.8, 4) is 0 Å². The van der Waals surface area contributed by atoms with Crippen LogP contribution in [0.1, 0.15) is 46.5 Å². The van der Waals surface area contributed by atoms with Crippen LogP contribution in [-0.4, -0.2) is 64.2 Å². The zero-order valence-corrected chi connectivity index (χ0v) is 16.5. The van der Waals surface area contributed by atoms with Crippen molar-refractivity contribution >= 4 is 11.8 Å². The van der Waals surface area contributed by atoms with Gasteiger partial charge < -0.3 is 14.5 Å². The maximum Gasteiger partial charge on any atom is 0.274 e. The van der Waals surface area contributed by atoms with Gasteiger partial charge in [-0.25, -0.2) is 0 Å². The molecule has 0 unspecified atom stereocenters. The Morgan fingerprint density at radius 1 is 1.18 bits per heavy atom. The first-order valence-corrected chi connectivity index (χ1v) is 9.77. The van der Waals surface area contributed by atoms with Gasteiger partial charge in [-0.2, -0.15) is 5.10 Å². The molecule has 0 radical (unpaired) electrons. The lowest BCUT2D eigenvalue weighted by Crippen LogP contribution is -2.48. The summed E-state index contributed by atoms with van der Waals surface area (Å²) < 4.78 is 7.93. The largest absolute Gasteiger partial charge is 0.366 e. The van der Waals surface area contributed by atoms with Crippen LogP contribution < -0.4 is 0 Å². The van der Waals surface area contributed by atoms with E-state index in [0.29, 0.717) is 37.6 Å². The van der Waals surface area contributed by atoms with Crippen molar-refractivity contribution in [3.05, 3.63) is 53.3 Å². The van der Waals surface area contributed by atoms with Crippen LogP contribution in [0, 0.1) is 5.92 Å². The first-order chi connectivity index (χ1) is 13.4. The van der Waals surface area contributed by atoms with Crippen molar-refractivity contribution < 1.29 is 14.3 Å². The predicted molar refractivity (Wildman–Crippen MR) is 104 cm³/mol. The Bertz CT molecular complexity index is 877. The summed E-state index contributed by atoms with van der Waals surface area (Å²) in [5, 5.41) is 4.42. The first-order valence-electron chi connectivity index (χ1n) is 9.77.